The van der Waals surface area contributed by atoms with Gasteiger partial charge < -0.3 is 27.9 Å². The van der Waals surface area contributed by atoms with E-state index >= 15 is 0 Å². The van der Waals surface area contributed by atoms with Gasteiger partial charge in [0.2, 0.25) is 0 Å². The Morgan fingerprint density at radius 1 is 0.540 bits per heavy atom. The van der Waals surface area contributed by atoms with Crippen molar-refractivity contribution in [3.8, 4) is 0 Å². The Morgan fingerprint density at radius 2 is 0.920 bits per heavy atom. The Labute approximate surface area is 310 Å². The van der Waals surface area contributed by atoms with E-state index in [-0.39, 0.29) is 25.8 Å². The number of esters is 1. The topological polar surface area (TPSA) is 94.1 Å². The summed E-state index contributed by atoms with van der Waals surface area (Å²) < 4.78 is 34.4. The molecular formula is C41H84NO7P. The number of phosphoric acid groups is 1. The highest BCUT2D eigenvalue weighted by Gasteiger charge is 2.20. The molecule has 0 heterocycles. The number of hydrogen-bond donors (Lipinski definition) is 0. The minimum absolute atomic E-state index is 0.0305. The third-order valence-corrected chi connectivity index (χ3v) is 10.4. The maximum atomic E-state index is 12.5. The second-order valence-corrected chi connectivity index (χ2v) is 17.1. The molecule has 0 amide bonds. The van der Waals surface area contributed by atoms with Crippen molar-refractivity contribution in [2.24, 2.45) is 0 Å². The number of carbonyl (C=O) groups excluding carboxylic acids is 1. The number of phosphoric ester groups is 1. The van der Waals surface area contributed by atoms with Gasteiger partial charge in [-0.1, -0.05) is 181 Å². The zero-order chi connectivity index (χ0) is 37.0. The van der Waals surface area contributed by atoms with E-state index < -0.39 is 13.9 Å². The largest absolute Gasteiger partial charge is 0.756 e. The van der Waals surface area contributed by atoms with Crippen molar-refractivity contribution in [2.45, 2.75) is 206 Å². The molecule has 0 N–H and O–H groups in total. The average Bonchev–Trinajstić information content (AvgIpc) is 3.06. The van der Waals surface area contributed by atoms with Gasteiger partial charge in [0.15, 0.2) is 0 Å². The number of hydrogen-bond acceptors (Lipinski definition) is 7. The quantitative estimate of drug-likeness (QED) is 0.0268. The van der Waals surface area contributed by atoms with Gasteiger partial charge in [-0.3, -0.25) is 9.36 Å². The van der Waals surface area contributed by atoms with Crippen LogP contribution in [0.15, 0.2) is 0 Å². The summed E-state index contributed by atoms with van der Waals surface area (Å²) in [5.74, 6) is -0.339. The first kappa shape index (κ1) is 49.5. The summed E-state index contributed by atoms with van der Waals surface area (Å²) in [6.45, 7) is 5.39. The van der Waals surface area contributed by atoms with E-state index in [1.54, 1.807) is 0 Å². The summed E-state index contributed by atoms with van der Waals surface area (Å²) in [5, 5.41) is 0. The van der Waals surface area contributed by atoms with Crippen LogP contribution in [0.1, 0.15) is 200 Å². The molecule has 0 rings (SSSR count). The van der Waals surface area contributed by atoms with Gasteiger partial charge in [-0.25, -0.2) is 0 Å². The smallest absolute Gasteiger partial charge is 0.306 e. The lowest BCUT2D eigenvalue weighted by Crippen LogP contribution is -2.37. The standard InChI is InChI=1S/C41H84NO7P/c1-6-8-10-12-14-15-16-17-18-19-20-21-22-23-24-25-26-27-28-29-31-33-36-46-38-40(49-41(43)34-32-30-13-11-9-7-2)39-48-50(44,45)47-37-35-42(3,4)5/h40H,6-39H2,1-5H3. The summed E-state index contributed by atoms with van der Waals surface area (Å²) in [6.07, 6.45) is 35.8. The summed E-state index contributed by atoms with van der Waals surface area (Å²) in [5.41, 5.74) is 0. The Morgan fingerprint density at radius 3 is 1.32 bits per heavy atom. The molecule has 0 bridgehead atoms. The predicted octanol–water partition coefficient (Wildman–Crippen LogP) is 11.5. The van der Waals surface area contributed by atoms with E-state index in [4.69, 9.17) is 18.5 Å². The van der Waals surface area contributed by atoms with E-state index in [1.807, 2.05) is 21.1 Å². The predicted molar refractivity (Wildman–Crippen MR) is 208 cm³/mol. The highest BCUT2D eigenvalue weighted by atomic mass is 31.2. The van der Waals surface area contributed by atoms with Crippen molar-refractivity contribution in [2.75, 3.05) is 54.1 Å². The fraction of sp³-hybridized carbons (Fsp3) is 0.976. The molecule has 0 saturated heterocycles. The summed E-state index contributed by atoms with van der Waals surface area (Å²) in [7, 11) is 1.37. The SMILES string of the molecule is CCCCCCCCCCCCCCCCCCCCCCCCOCC(COP(=O)([O-])OCC[N+](C)(C)C)OC(=O)CCCCCCCC. The molecule has 2 unspecified atom stereocenters. The summed E-state index contributed by atoms with van der Waals surface area (Å²) >= 11 is 0. The van der Waals surface area contributed by atoms with Crippen LogP contribution in [0.4, 0.5) is 0 Å². The lowest BCUT2D eigenvalue weighted by atomic mass is 10.0. The number of unbranched alkanes of at least 4 members (excludes halogenated alkanes) is 26. The first-order valence-electron chi connectivity index (χ1n) is 21.3. The number of carbonyl (C=O) groups is 1. The van der Waals surface area contributed by atoms with Crippen molar-refractivity contribution in [1.82, 2.24) is 0 Å². The second-order valence-electron chi connectivity index (χ2n) is 15.7. The van der Waals surface area contributed by atoms with Crippen LogP contribution in [0, 0.1) is 0 Å². The molecule has 0 aromatic heterocycles. The van der Waals surface area contributed by atoms with E-state index in [1.165, 1.54) is 148 Å². The molecule has 0 aromatic rings. The van der Waals surface area contributed by atoms with Crippen LogP contribution in [-0.2, 0) is 27.9 Å². The average molecular weight is 734 g/mol. The van der Waals surface area contributed by atoms with Gasteiger partial charge in [0.05, 0.1) is 34.4 Å². The number of quaternary nitrogens is 1. The van der Waals surface area contributed by atoms with Crippen LogP contribution in [0.5, 0.6) is 0 Å². The fourth-order valence-electron chi connectivity index (χ4n) is 6.08. The second kappa shape index (κ2) is 35.5. The first-order chi connectivity index (χ1) is 24.1. The molecule has 2 atom stereocenters. The zero-order valence-corrected chi connectivity index (χ0v) is 34.8. The fourth-order valence-corrected chi connectivity index (χ4v) is 6.81. The van der Waals surface area contributed by atoms with Crippen LogP contribution in [0.2, 0.25) is 0 Å². The van der Waals surface area contributed by atoms with Crippen molar-refractivity contribution in [3.05, 3.63) is 0 Å². The molecular weight excluding hydrogens is 649 g/mol. The van der Waals surface area contributed by atoms with Crippen molar-refractivity contribution >= 4 is 13.8 Å². The molecule has 0 aromatic carbocycles. The number of nitrogens with zero attached hydrogens (tertiary/aromatic N) is 1. The molecule has 0 aliphatic carbocycles. The van der Waals surface area contributed by atoms with Crippen molar-refractivity contribution in [1.29, 1.82) is 0 Å². The lowest BCUT2D eigenvalue weighted by molar-refractivity contribution is -0.870. The molecule has 300 valence electrons. The van der Waals surface area contributed by atoms with Crippen molar-refractivity contribution in [3.63, 3.8) is 0 Å². The van der Waals surface area contributed by atoms with Gasteiger partial charge in [-0.15, -0.1) is 0 Å². The minimum atomic E-state index is -4.50. The van der Waals surface area contributed by atoms with Gasteiger partial charge in [0, 0.05) is 13.0 Å². The van der Waals surface area contributed by atoms with Crippen LogP contribution < -0.4 is 4.89 Å². The van der Waals surface area contributed by atoms with Crippen LogP contribution in [0.25, 0.3) is 0 Å². The van der Waals surface area contributed by atoms with E-state index in [0.29, 0.717) is 24.1 Å². The molecule has 50 heavy (non-hydrogen) atoms. The summed E-state index contributed by atoms with van der Waals surface area (Å²) in [6, 6.07) is 0. The van der Waals surface area contributed by atoms with Gasteiger partial charge in [-0.2, -0.15) is 0 Å². The monoisotopic (exact) mass is 734 g/mol. The lowest BCUT2D eigenvalue weighted by Gasteiger charge is -2.28. The summed E-state index contributed by atoms with van der Waals surface area (Å²) in [4.78, 5) is 24.8. The van der Waals surface area contributed by atoms with E-state index in [2.05, 4.69) is 13.8 Å². The number of ether oxygens (including phenoxy) is 2. The minimum Gasteiger partial charge on any atom is -0.756 e. The Balaban J connectivity index is 3.94. The Hall–Kier alpha value is -0.500. The van der Waals surface area contributed by atoms with Gasteiger partial charge in [-0.05, 0) is 12.8 Å². The zero-order valence-electron chi connectivity index (χ0n) is 33.9. The Kier molecular flexibility index (Phi) is 35.2. The Bertz CT molecular complexity index is 777. The highest BCUT2D eigenvalue weighted by Crippen LogP contribution is 2.38. The van der Waals surface area contributed by atoms with Gasteiger partial charge >= 0.3 is 5.97 Å². The number of likely N-dealkylation sites (N-methyl/N-ethyl adjacent to an activating group) is 1. The van der Waals surface area contributed by atoms with Gasteiger partial charge in [0.25, 0.3) is 7.82 Å². The third kappa shape index (κ3) is 38.7. The van der Waals surface area contributed by atoms with E-state index in [0.717, 1.165) is 32.1 Å². The van der Waals surface area contributed by atoms with Crippen LogP contribution in [-0.4, -0.2) is 70.7 Å². The number of rotatable bonds is 40. The molecule has 0 aliphatic heterocycles. The van der Waals surface area contributed by atoms with Crippen LogP contribution >= 0.6 is 7.82 Å². The molecule has 0 fully saturated rings. The van der Waals surface area contributed by atoms with Crippen LogP contribution in [0.3, 0.4) is 0 Å². The normalized spacial score (nSPS) is 13.8. The molecule has 0 aliphatic rings. The molecule has 0 spiro atoms. The third-order valence-electron chi connectivity index (χ3n) is 9.41. The van der Waals surface area contributed by atoms with Gasteiger partial charge in [0.1, 0.15) is 19.3 Å². The molecule has 8 nitrogen and oxygen atoms in total. The molecule has 9 heteroatoms. The molecule has 0 saturated carbocycles. The van der Waals surface area contributed by atoms with E-state index in [9.17, 15) is 14.3 Å². The maximum Gasteiger partial charge on any atom is 0.306 e. The first-order valence-corrected chi connectivity index (χ1v) is 22.7. The highest BCUT2D eigenvalue weighted by molar-refractivity contribution is 7.45. The maximum absolute atomic E-state index is 12.5. The molecule has 0 radical (unpaired) electrons. The van der Waals surface area contributed by atoms with Crippen molar-refractivity contribution < 1.29 is 37.3 Å².